The maximum absolute atomic E-state index is 13.0. The van der Waals surface area contributed by atoms with Crippen molar-refractivity contribution in [2.45, 2.75) is 23.0 Å². The van der Waals surface area contributed by atoms with E-state index in [2.05, 4.69) is 10.2 Å². The Morgan fingerprint density at radius 1 is 1.09 bits per heavy atom. The Hall–Kier alpha value is -1.91. The molecule has 1 saturated heterocycles. The molecular weight excluding hydrogens is 503 g/mol. The highest BCUT2D eigenvalue weighted by atomic mass is 35.5. The monoisotopic (exact) mass is 526 g/mol. The molecule has 1 amide bonds. The third-order valence-electron chi connectivity index (χ3n) is 5.71. The zero-order chi connectivity index (χ0) is 23.8. The second-order valence-electron chi connectivity index (χ2n) is 8.02. The van der Waals surface area contributed by atoms with Crippen LogP contribution in [0.5, 0.6) is 0 Å². The number of amides is 1. The van der Waals surface area contributed by atoms with E-state index in [1.165, 1.54) is 15.3 Å². The number of nitrogens with zero attached hydrogens (tertiary/aromatic N) is 4. The van der Waals surface area contributed by atoms with Crippen LogP contribution in [0.3, 0.4) is 0 Å². The van der Waals surface area contributed by atoms with Crippen molar-refractivity contribution in [2.75, 3.05) is 27.2 Å². The summed E-state index contributed by atoms with van der Waals surface area (Å²) in [4.78, 5) is 13.9. The summed E-state index contributed by atoms with van der Waals surface area (Å²) in [5.74, 6) is -0.162. The molecule has 4 rings (SSSR count). The number of hydrogen-bond donors (Lipinski definition) is 1. The molecule has 0 aliphatic carbocycles. The summed E-state index contributed by atoms with van der Waals surface area (Å²) in [7, 11) is -1.09. The van der Waals surface area contributed by atoms with E-state index < -0.39 is 20.9 Å². The van der Waals surface area contributed by atoms with Crippen molar-refractivity contribution in [3.63, 3.8) is 0 Å². The summed E-state index contributed by atoms with van der Waals surface area (Å²) >= 11 is 12.5. The summed E-state index contributed by atoms with van der Waals surface area (Å²) in [5, 5.41) is 10.2. The lowest BCUT2D eigenvalue weighted by atomic mass is 10.1. The van der Waals surface area contributed by atoms with Crippen molar-refractivity contribution in [2.24, 2.45) is 10.2 Å². The second kappa shape index (κ2) is 9.76. The Kier molecular flexibility index (Phi) is 7.16. The van der Waals surface area contributed by atoms with Crippen LogP contribution in [0.2, 0.25) is 10.0 Å². The van der Waals surface area contributed by atoms with Crippen LogP contribution in [0, 0.1) is 0 Å². The van der Waals surface area contributed by atoms with E-state index in [1.807, 2.05) is 11.6 Å². The van der Waals surface area contributed by atoms with E-state index in [4.69, 9.17) is 23.2 Å². The molecule has 0 N–H and O–H groups in total. The quantitative estimate of drug-likeness (QED) is 0.591. The van der Waals surface area contributed by atoms with Crippen molar-refractivity contribution in [3.05, 3.63) is 63.6 Å². The van der Waals surface area contributed by atoms with E-state index in [-0.39, 0.29) is 21.1 Å². The van der Waals surface area contributed by atoms with Crippen molar-refractivity contribution < 1.29 is 13.2 Å². The number of carbonyl (C=O) groups excluding carboxylic acids is 1. The minimum atomic E-state index is -3.64. The average molecular weight is 527 g/mol. The van der Waals surface area contributed by atoms with Gasteiger partial charge < -0.3 is 4.90 Å². The van der Waals surface area contributed by atoms with E-state index in [1.54, 1.807) is 44.4 Å². The number of piperidine rings is 1. The van der Waals surface area contributed by atoms with E-state index in [0.717, 1.165) is 10.6 Å². The van der Waals surface area contributed by atoms with Crippen LogP contribution in [0.1, 0.15) is 28.8 Å². The van der Waals surface area contributed by atoms with Gasteiger partial charge in [-0.2, -0.15) is 20.3 Å². The Morgan fingerprint density at radius 2 is 1.79 bits per heavy atom. The van der Waals surface area contributed by atoms with E-state index in [0.29, 0.717) is 36.5 Å². The standard InChI is InChI=1S/C22H24Cl2N4O3S2/c1-27(2)22(29)17-8-7-15(13-19(17)24)21-26-25-14-32(21)16-9-11-28(12-10-16)33(30,31)20-6-4-3-5-18(20)23/h3-8,13-14,16,32H,9-12H2,1-2H3. The van der Waals surface area contributed by atoms with Crippen molar-refractivity contribution >= 4 is 60.6 Å². The van der Waals surface area contributed by atoms with E-state index in [9.17, 15) is 13.2 Å². The fourth-order valence-corrected chi connectivity index (χ4v) is 8.35. The lowest BCUT2D eigenvalue weighted by Gasteiger charge is -2.35. The summed E-state index contributed by atoms with van der Waals surface area (Å²) in [5.41, 5.74) is 3.15. The Balaban J connectivity index is 1.48. The third-order valence-corrected chi connectivity index (χ3v) is 10.9. The number of sulfonamides is 1. The first kappa shape index (κ1) is 24.2. The molecule has 0 bridgehead atoms. The Labute approximate surface area is 206 Å². The fourth-order valence-electron chi connectivity index (χ4n) is 3.94. The predicted molar refractivity (Wildman–Crippen MR) is 137 cm³/mol. The highest BCUT2D eigenvalue weighted by molar-refractivity contribution is 8.41. The molecule has 1 atom stereocenters. The second-order valence-corrected chi connectivity index (χ2v) is 12.9. The van der Waals surface area contributed by atoms with Gasteiger partial charge in [-0.15, -0.1) is 5.10 Å². The fraction of sp³-hybridized carbons (Fsp3) is 0.318. The Bertz CT molecular complexity index is 1240. The zero-order valence-corrected chi connectivity index (χ0v) is 21.4. The minimum Gasteiger partial charge on any atom is -0.345 e. The molecule has 2 heterocycles. The summed E-state index contributed by atoms with van der Waals surface area (Å²) in [6.45, 7) is 0.824. The molecule has 1 fully saturated rings. The molecule has 2 aromatic carbocycles. The number of carbonyl (C=O) groups is 1. The molecule has 2 aliphatic heterocycles. The van der Waals surface area contributed by atoms with Crippen LogP contribution in [0.25, 0.3) is 0 Å². The normalized spacial score (nSPS) is 20.6. The van der Waals surface area contributed by atoms with Crippen LogP contribution in [-0.2, 0) is 10.0 Å². The highest BCUT2D eigenvalue weighted by Gasteiger charge is 2.34. The van der Waals surface area contributed by atoms with Crippen molar-refractivity contribution in [1.82, 2.24) is 9.21 Å². The SMILES string of the molecule is CN(C)C(=O)c1ccc(C2=NN=C[SH]2C2CCN(S(=O)(=O)c3ccccc3Cl)CC2)cc1Cl. The van der Waals surface area contributed by atoms with Gasteiger partial charge in [0.1, 0.15) is 9.94 Å². The summed E-state index contributed by atoms with van der Waals surface area (Å²) in [6.07, 6.45) is 1.40. The minimum absolute atomic E-state index is 0.141. The Morgan fingerprint density at radius 3 is 2.42 bits per heavy atom. The van der Waals surface area contributed by atoms with Crippen LogP contribution in [0.4, 0.5) is 0 Å². The van der Waals surface area contributed by atoms with Gasteiger partial charge in [0.05, 0.1) is 21.2 Å². The largest absolute Gasteiger partial charge is 0.345 e. The van der Waals surface area contributed by atoms with Crippen molar-refractivity contribution in [1.29, 1.82) is 0 Å². The van der Waals surface area contributed by atoms with Crippen LogP contribution >= 0.6 is 34.1 Å². The van der Waals surface area contributed by atoms with Crippen LogP contribution < -0.4 is 0 Å². The number of thiol groups is 1. The number of hydrogen-bond acceptors (Lipinski definition) is 5. The van der Waals surface area contributed by atoms with Gasteiger partial charge in [-0.3, -0.25) is 4.79 Å². The van der Waals surface area contributed by atoms with Gasteiger partial charge in [0.2, 0.25) is 10.0 Å². The summed E-state index contributed by atoms with van der Waals surface area (Å²) < 4.78 is 27.6. The number of benzene rings is 2. The van der Waals surface area contributed by atoms with Gasteiger partial charge in [-0.1, -0.05) is 41.4 Å². The molecule has 0 radical (unpaired) electrons. The molecule has 2 aromatic rings. The predicted octanol–water partition coefficient (Wildman–Crippen LogP) is 4.25. The number of rotatable bonds is 5. The lowest BCUT2D eigenvalue weighted by Crippen LogP contribution is -2.40. The van der Waals surface area contributed by atoms with Crippen LogP contribution in [0.15, 0.2) is 57.6 Å². The molecule has 11 heteroatoms. The van der Waals surface area contributed by atoms with Gasteiger partial charge in [-0.05, 0) is 42.4 Å². The summed E-state index contributed by atoms with van der Waals surface area (Å²) in [6, 6.07) is 11.8. The molecular formula is C22H24Cl2N4O3S2. The van der Waals surface area contributed by atoms with Gasteiger partial charge >= 0.3 is 0 Å². The number of halogens is 2. The third kappa shape index (κ3) is 4.83. The van der Waals surface area contributed by atoms with Gasteiger partial charge in [0.15, 0.2) is 0 Å². The molecule has 0 saturated carbocycles. The van der Waals surface area contributed by atoms with Crippen LogP contribution in [-0.4, -0.2) is 66.6 Å². The van der Waals surface area contributed by atoms with Crippen molar-refractivity contribution in [3.8, 4) is 0 Å². The lowest BCUT2D eigenvalue weighted by molar-refractivity contribution is 0.0828. The maximum Gasteiger partial charge on any atom is 0.254 e. The molecule has 176 valence electrons. The molecule has 1 unspecified atom stereocenters. The average Bonchev–Trinajstić information content (AvgIpc) is 3.29. The molecule has 0 spiro atoms. The molecule has 0 aromatic heterocycles. The van der Waals surface area contributed by atoms with Gasteiger partial charge in [0.25, 0.3) is 5.91 Å². The first-order valence-corrected chi connectivity index (χ1v) is 14.0. The molecule has 33 heavy (non-hydrogen) atoms. The van der Waals surface area contributed by atoms with Gasteiger partial charge in [-0.25, -0.2) is 8.42 Å². The zero-order valence-electron chi connectivity index (χ0n) is 18.1. The maximum atomic E-state index is 13.0. The molecule has 7 nitrogen and oxygen atoms in total. The smallest absolute Gasteiger partial charge is 0.254 e. The first-order chi connectivity index (χ1) is 15.7. The highest BCUT2D eigenvalue weighted by Crippen LogP contribution is 2.43. The topological polar surface area (TPSA) is 82.4 Å². The van der Waals surface area contributed by atoms with Gasteiger partial charge in [0, 0.05) is 32.7 Å². The molecule has 2 aliphatic rings. The first-order valence-electron chi connectivity index (χ1n) is 10.4. The van der Waals surface area contributed by atoms with E-state index >= 15 is 0 Å².